The van der Waals surface area contributed by atoms with Crippen LogP contribution in [0.25, 0.3) is 0 Å². The van der Waals surface area contributed by atoms with E-state index in [1.54, 1.807) is 26.3 Å². The average Bonchev–Trinajstić information content (AvgIpc) is 2.53. The van der Waals surface area contributed by atoms with Gasteiger partial charge in [-0.2, -0.15) is 0 Å². The second-order valence-corrected chi connectivity index (χ2v) is 7.31. The maximum atomic E-state index is 12.4. The van der Waals surface area contributed by atoms with Crippen LogP contribution in [0.4, 0.5) is 5.69 Å². The molecule has 6 heteroatoms. The summed E-state index contributed by atoms with van der Waals surface area (Å²) in [6.07, 6.45) is 1.23. The Labute approximate surface area is 150 Å². The number of piperidine rings is 1. The molecule has 0 bridgehead atoms. The van der Waals surface area contributed by atoms with Crippen molar-refractivity contribution < 1.29 is 19.2 Å². The van der Waals surface area contributed by atoms with Crippen molar-refractivity contribution in [2.75, 3.05) is 45.7 Å². The number of ether oxygens (including phenoxy) is 1. The van der Waals surface area contributed by atoms with Gasteiger partial charge in [-0.25, -0.2) is 0 Å². The third-order valence-corrected chi connectivity index (χ3v) is 4.64. The van der Waals surface area contributed by atoms with Gasteiger partial charge in [0, 0.05) is 30.6 Å². The van der Waals surface area contributed by atoms with Crippen LogP contribution in [0.2, 0.25) is 0 Å². The van der Waals surface area contributed by atoms with Crippen LogP contribution >= 0.6 is 0 Å². The minimum atomic E-state index is -0.209. The molecule has 2 rings (SSSR count). The number of anilines is 1. The highest BCUT2D eigenvalue weighted by Crippen LogP contribution is 2.16. The average molecular weight is 348 g/mol. The number of carbonyl (C=O) groups excluding carboxylic acids is 2. The monoisotopic (exact) mass is 348 g/mol. The molecule has 25 heavy (non-hydrogen) atoms. The summed E-state index contributed by atoms with van der Waals surface area (Å²) < 4.78 is 5.14. The molecule has 3 atom stereocenters. The molecule has 1 heterocycles. The largest absolute Gasteiger partial charge is 0.497 e. The van der Waals surface area contributed by atoms with Crippen LogP contribution in [0.5, 0.6) is 5.75 Å². The number of hydrogen-bond donors (Lipinski definition) is 2. The van der Waals surface area contributed by atoms with E-state index in [-0.39, 0.29) is 18.4 Å². The molecular formula is C19H30N3O3+. The van der Waals surface area contributed by atoms with E-state index in [0.29, 0.717) is 29.8 Å². The molecule has 1 saturated heterocycles. The molecule has 0 spiro atoms. The summed E-state index contributed by atoms with van der Waals surface area (Å²) in [6.45, 7) is 7.04. The zero-order valence-corrected chi connectivity index (χ0v) is 15.7. The molecule has 6 nitrogen and oxygen atoms in total. The summed E-state index contributed by atoms with van der Waals surface area (Å²) in [5.41, 5.74) is 0.662. The lowest BCUT2D eigenvalue weighted by Gasteiger charge is -2.32. The fourth-order valence-corrected chi connectivity index (χ4v) is 3.62. The number of hydrogen-bond acceptors (Lipinski definition) is 3. The van der Waals surface area contributed by atoms with Crippen LogP contribution in [0.15, 0.2) is 24.3 Å². The lowest BCUT2D eigenvalue weighted by atomic mass is 9.92. The van der Waals surface area contributed by atoms with Gasteiger partial charge in [0.1, 0.15) is 5.75 Å². The van der Waals surface area contributed by atoms with Crippen LogP contribution < -0.4 is 15.0 Å². The lowest BCUT2D eigenvalue weighted by Crippen LogP contribution is -3.15. The van der Waals surface area contributed by atoms with Crippen LogP contribution in [-0.2, 0) is 9.59 Å². The van der Waals surface area contributed by atoms with Gasteiger partial charge in [0.25, 0.3) is 5.91 Å². The van der Waals surface area contributed by atoms with Gasteiger partial charge in [-0.3, -0.25) is 9.59 Å². The zero-order chi connectivity index (χ0) is 18.4. The van der Waals surface area contributed by atoms with E-state index < -0.39 is 0 Å². The maximum Gasteiger partial charge on any atom is 0.277 e. The third-order valence-electron chi connectivity index (χ3n) is 4.64. The van der Waals surface area contributed by atoms with Gasteiger partial charge in [0.2, 0.25) is 5.91 Å². The first-order chi connectivity index (χ1) is 11.9. The number of methoxy groups -OCH3 is 1. The summed E-state index contributed by atoms with van der Waals surface area (Å²) in [4.78, 5) is 27.4. The van der Waals surface area contributed by atoms with Crippen molar-refractivity contribution in [2.24, 2.45) is 11.8 Å². The van der Waals surface area contributed by atoms with Gasteiger partial charge >= 0.3 is 0 Å². The molecule has 1 aromatic rings. The summed E-state index contributed by atoms with van der Waals surface area (Å²) in [5, 5.41) is 2.80. The molecule has 1 fully saturated rings. The van der Waals surface area contributed by atoms with Crippen molar-refractivity contribution >= 4 is 17.5 Å². The van der Waals surface area contributed by atoms with Gasteiger partial charge in [-0.1, -0.05) is 19.9 Å². The molecule has 0 radical (unpaired) electrons. The highest BCUT2D eigenvalue weighted by atomic mass is 16.5. The molecule has 2 N–H and O–H groups in total. The fourth-order valence-electron chi connectivity index (χ4n) is 3.62. The smallest absolute Gasteiger partial charge is 0.277 e. The summed E-state index contributed by atoms with van der Waals surface area (Å²) >= 11 is 0. The number of benzene rings is 1. The minimum absolute atomic E-state index is 0.0112. The van der Waals surface area contributed by atoms with E-state index in [9.17, 15) is 9.59 Å². The van der Waals surface area contributed by atoms with Crippen LogP contribution in [0.3, 0.4) is 0 Å². The second kappa shape index (κ2) is 8.85. The topological polar surface area (TPSA) is 63.1 Å². The predicted molar refractivity (Wildman–Crippen MR) is 97.8 cm³/mol. The highest BCUT2D eigenvalue weighted by molar-refractivity contribution is 5.94. The Hall–Kier alpha value is -2.08. The number of likely N-dealkylation sites (tertiary alicyclic amines) is 1. The van der Waals surface area contributed by atoms with Crippen molar-refractivity contribution in [3.63, 3.8) is 0 Å². The maximum absolute atomic E-state index is 12.4. The van der Waals surface area contributed by atoms with Crippen molar-refractivity contribution in [1.29, 1.82) is 0 Å². The fraction of sp³-hybridized carbons (Fsp3) is 0.579. The quantitative estimate of drug-likeness (QED) is 0.794. The number of likely N-dealkylation sites (N-methyl/N-ethyl adjacent to an activating group) is 1. The van der Waals surface area contributed by atoms with E-state index in [4.69, 9.17) is 4.74 Å². The second-order valence-electron chi connectivity index (χ2n) is 7.31. The van der Waals surface area contributed by atoms with Gasteiger partial charge in [0.05, 0.1) is 26.7 Å². The number of carbonyl (C=O) groups is 2. The Bertz CT molecular complexity index is 595. The Morgan fingerprint density at radius 2 is 1.96 bits per heavy atom. The Morgan fingerprint density at radius 1 is 1.28 bits per heavy atom. The molecule has 138 valence electrons. The third kappa shape index (κ3) is 6.05. The molecule has 0 saturated carbocycles. The zero-order valence-electron chi connectivity index (χ0n) is 15.7. The van der Waals surface area contributed by atoms with E-state index in [1.165, 1.54) is 16.2 Å². The Morgan fingerprint density at radius 3 is 2.60 bits per heavy atom. The van der Waals surface area contributed by atoms with Crippen molar-refractivity contribution in [2.45, 2.75) is 20.3 Å². The van der Waals surface area contributed by atoms with Gasteiger partial charge < -0.3 is 19.9 Å². The summed E-state index contributed by atoms with van der Waals surface area (Å²) in [5.74, 6) is 1.78. The van der Waals surface area contributed by atoms with E-state index in [1.807, 2.05) is 12.1 Å². The number of nitrogens with zero attached hydrogens (tertiary/aromatic N) is 1. The summed E-state index contributed by atoms with van der Waals surface area (Å²) in [7, 11) is 3.27. The normalized spacial score (nSPS) is 23.0. The minimum Gasteiger partial charge on any atom is -0.497 e. The van der Waals surface area contributed by atoms with E-state index in [0.717, 1.165) is 13.1 Å². The van der Waals surface area contributed by atoms with Crippen molar-refractivity contribution in [3.8, 4) is 5.75 Å². The van der Waals surface area contributed by atoms with Crippen LogP contribution in [0.1, 0.15) is 20.3 Å². The molecule has 1 aliphatic heterocycles. The molecular weight excluding hydrogens is 318 g/mol. The van der Waals surface area contributed by atoms with E-state index in [2.05, 4.69) is 19.2 Å². The Balaban J connectivity index is 1.82. The SMILES string of the molecule is COc1cccc(NC(=O)CN(C)C(=O)C[NH+]2C[C@H](C)C[C@H](C)C2)c1. The first-order valence-corrected chi connectivity index (χ1v) is 8.88. The van der Waals surface area contributed by atoms with Gasteiger partial charge in [0.15, 0.2) is 6.54 Å². The highest BCUT2D eigenvalue weighted by Gasteiger charge is 2.28. The number of nitrogens with one attached hydrogen (secondary N) is 2. The Kier molecular flexibility index (Phi) is 6.82. The first kappa shape index (κ1) is 19.2. The summed E-state index contributed by atoms with van der Waals surface area (Å²) in [6, 6.07) is 7.17. The molecule has 1 aliphatic rings. The molecule has 0 aliphatic carbocycles. The predicted octanol–water partition coefficient (Wildman–Crippen LogP) is 0.653. The molecule has 0 aromatic heterocycles. The number of quaternary nitrogens is 1. The van der Waals surface area contributed by atoms with Gasteiger partial charge in [-0.15, -0.1) is 0 Å². The standard InChI is InChI=1S/C19H29N3O3/c1-14-8-15(2)11-22(10-14)13-19(24)21(3)12-18(23)20-16-6-5-7-17(9-16)25-4/h5-7,9,14-15H,8,10-13H2,1-4H3,(H,20,23)/p+1/t14-,15+. The number of amides is 2. The molecule has 1 unspecified atom stereocenters. The van der Waals surface area contributed by atoms with Crippen LogP contribution in [-0.4, -0.2) is 57.1 Å². The van der Waals surface area contributed by atoms with E-state index >= 15 is 0 Å². The molecule has 2 amide bonds. The van der Waals surface area contributed by atoms with Crippen LogP contribution in [0, 0.1) is 11.8 Å². The van der Waals surface area contributed by atoms with Crippen molar-refractivity contribution in [1.82, 2.24) is 4.90 Å². The molecule has 1 aromatic carbocycles. The van der Waals surface area contributed by atoms with Crippen molar-refractivity contribution in [3.05, 3.63) is 24.3 Å². The first-order valence-electron chi connectivity index (χ1n) is 8.88. The van der Waals surface area contributed by atoms with Gasteiger partial charge in [-0.05, 0) is 18.6 Å². The number of rotatable bonds is 6. The lowest BCUT2D eigenvalue weighted by molar-refractivity contribution is -0.904.